The van der Waals surface area contributed by atoms with Gasteiger partial charge in [-0.1, -0.05) is 18.2 Å². The van der Waals surface area contributed by atoms with Gasteiger partial charge >= 0.3 is 5.97 Å². The van der Waals surface area contributed by atoms with Crippen molar-refractivity contribution in [2.45, 2.75) is 43.6 Å². The van der Waals surface area contributed by atoms with Crippen molar-refractivity contribution in [3.8, 4) is 0 Å². The van der Waals surface area contributed by atoms with Crippen LogP contribution in [0.1, 0.15) is 29.6 Å². The van der Waals surface area contributed by atoms with Crippen molar-refractivity contribution in [2.24, 2.45) is 0 Å². The van der Waals surface area contributed by atoms with Crippen LogP contribution in [0.5, 0.6) is 0 Å². The molecule has 0 unspecified atom stereocenters. The number of benzene rings is 1. The number of hydrogen-bond acceptors (Lipinski definition) is 4. The van der Waals surface area contributed by atoms with Gasteiger partial charge in [-0.3, -0.25) is 0 Å². The summed E-state index contributed by atoms with van der Waals surface area (Å²) in [4.78, 5) is 12.0. The zero-order chi connectivity index (χ0) is 12.5. The van der Waals surface area contributed by atoms with Crippen LogP contribution in [-0.4, -0.2) is 35.4 Å². The maximum absolute atomic E-state index is 12.0. The molecule has 0 amide bonds. The maximum Gasteiger partial charge on any atom is 0.338 e. The Morgan fingerprint density at radius 1 is 1.28 bits per heavy atom. The van der Waals surface area contributed by atoms with E-state index in [4.69, 9.17) is 4.74 Å². The molecule has 0 aliphatic carbocycles. The van der Waals surface area contributed by atoms with Gasteiger partial charge in [-0.2, -0.15) is 0 Å². The Labute approximate surface area is 106 Å². The molecule has 96 valence electrons. The first-order valence-electron chi connectivity index (χ1n) is 6.44. The fourth-order valence-electron chi connectivity index (χ4n) is 2.92. The van der Waals surface area contributed by atoms with Gasteiger partial charge in [0.25, 0.3) is 0 Å². The lowest BCUT2D eigenvalue weighted by Crippen LogP contribution is -2.53. The minimum absolute atomic E-state index is 0.103. The summed E-state index contributed by atoms with van der Waals surface area (Å²) >= 11 is 0. The molecule has 2 saturated heterocycles. The lowest BCUT2D eigenvalue weighted by molar-refractivity contribution is -0.0469. The summed E-state index contributed by atoms with van der Waals surface area (Å²) in [6.07, 6.45) is 1.73. The molecular weight excluding hydrogens is 230 g/mol. The molecule has 2 bridgehead atoms. The van der Waals surface area contributed by atoms with Gasteiger partial charge in [-0.15, -0.1) is 0 Å². The minimum Gasteiger partial charge on any atom is -0.454 e. The first kappa shape index (κ1) is 11.7. The second kappa shape index (κ2) is 4.71. The molecule has 4 atom stereocenters. The van der Waals surface area contributed by atoms with Crippen molar-refractivity contribution in [3.05, 3.63) is 35.9 Å². The van der Waals surface area contributed by atoms with Crippen LogP contribution in [0.25, 0.3) is 0 Å². The summed E-state index contributed by atoms with van der Waals surface area (Å²) in [6.45, 7) is 0. The summed E-state index contributed by atoms with van der Waals surface area (Å²) in [7, 11) is 0. The highest BCUT2D eigenvalue weighted by Gasteiger charge is 2.43. The summed E-state index contributed by atoms with van der Waals surface area (Å²) in [5, 5.41) is 13.4. The molecule has 4 heteroatoms. The van der Waals surface area contributed by atoms with E-state index in [0.717, 1.165) is 12.8 Å². The fraction of sp³-hybridized carbons (Fsp3) is 0.500. The molecule has 2 aliphatic rings. The SMILES string of the molecule is O=C(O[C@H]1[C@H](O)C[C@H]2CC[C@@H]1N2)c1ccccc1. The van der Waals surface area contributed by atoms with E-state index in [0.29, 0.717) is 18.0 Å². The van der Waals surface area contributed by atoms with Crippen LogP contribution >= 0.6 is 0 Å². The number of fused-ring (bicyclic) bond motifs is 2. The quantitative estimate of drug-likeness (QED) is 0.768. The van der Waals surface area contributed by atoms with E-state index < -0.39 is 12.2 Å². The van der Waals surface area contributed by atoms with Crippen molar-refractivity contribution < 1.29 is 14.6 Å². The zero-order valence-corrected chi connectivity index (χ0v) is 10.1. The highest BCUT2D eigenvalue weighted by Crippen LogP contribution is 2.29. The van der Waals surface area contributed by atoms with E-state index >= 15 is 0 Å². The van der Waals surface area contributed by atoms with Crippen LogP contribution in [0.2, 0.25) is 0 Å². The molecule has 2 heterocycles. The number of piperidine rings is 1. The second-order valence-corrected chi connectivity index (χ2v) is 5.09. The third-order valence-electron chi connectivity index (χ3n) is 3.83. The lowest BCUT2D eigenvalue weighted by atomic mass is 9.99. The number of carbonyl (C=O) groups is 1. The van der Waals surface area contributed by atoms with Crippen LogP contribution < -0.4 is 5.32 Å². The molecule has 0 radical (unpaired) electrons. The van der Waals surface area contributed by atoms with Crippen molar-refractivity contribution in [1.29, 1.82) is 0 Å². The van der Waals surface area contributed by atoms with E-state index in [-0.39, 0.29) is 12.0 Å². The summed E-state index contributed by atoms with van der Waals surface area (Å²) < 4.78 is 5.47. The van der Waals surface area contributed by atoms with E-state index in [9.17, 15) is 9.90 Å². The molecule has 2 aliphatic heterocycles. The van der Waals surface area contributed by atoms with Gasteiger partial charge in [0.2, 0.25) is 0 Å². The van der Waals surface area contributed by atoms with Crippen molar-refractivity contribution in [1.82, 2.24) is 5.32 Å². The number of carbonyl (C=O) groups excluding carboxylic acids is 1. The van der Waals surface area contributed by atoms with E-state index in [1.165, 1.54) is 0 Å². The number of esters is 1. The summed E-state index contributed by atoms with van der Waals surface area (Å²) in [5.74, 6) is -0.355. The van der Waals surface area contributed by atoms with Crippen LogP contribution in [0.3, 0.4) is 0 Å². The third kappa shape index (κ3) is 2.13. The Morgan fingerprint density at radius 3 is 2.83 bits per heavy atom. The highest BCUT2D eigenvalue weighted by molar-refractivity contribution is 5.89. The molecular formula is C14H17NO3. The monoisotopic (exact) mass is 247 g/mol. The van der Waals surface area contributed by atoms with Gasteiger partial charge in [-0.05, 0) is 31.4 Å². The average Bonchev–Trinajstić information content (AvgIpc) is 2.79. The summed E-state index contributed by atoms with van der Waals surface area (Å²) in [5.41, 5.74) is 0.532. The molecule has 3 rings (SSSR count). The molecule has 0 aromatic heterocycles. The third-order valence-corrected chi connectivity index (χ3v) is 3.83. The fourth-order valence-corrected chi connectivity index (χ4v) is 2.92. The predicted octanol–water partition coefficient (Wildman–Crippen LogP) is 1.10. The smallest absolute Gasteiger partial charge is 0.338 e. The van der Waals surface area contributed by atoms with E-state index in [1.54, 1.807) is 24.3 Å². The number of ether oxygens (including phenoxy) is 1. The molecule has 1 aromatic rings. The van der Waals surface area contributed by atoms with Crippen molar-refractivity contribution in [3.63, 3.8) is 0 Å². The van der Waals surface area contributed by atoms with Gasteiger partial charge in [0, 0.05) is 12.1 Å². The molecule has 4 nitrogen and oxygen atoms in total. The predicted molar refractivity (Wildman–Crippen MR) is 66.2 cm³/mol. The Hall–Kier alpha value is -1.39. The van der Waals surface area contributed by atoms with Crippen LogP contribution in [0.15, 0.2) is 30.3 Å². The van der Waals surface area contributed by atoms with Gasteiger partial charge in [0.1, 0.15) is 6.10 Å². The Morgan fingerprint density at radius 2 is 2.06 bits per heavy atom. The second-order valence-electron chi connectivity index (χ2n) is 5.09. The molecule has 0 spiro atoms. The molecule has 1 aromatic carbocycles. The number of aliphatic hydroxyl groups is 1. The number of rotatable bonds is 2. The summed E-state index contributed by atoms with van der Waals surface area (Å²) in [6, 6.07) is 9.40. The highest BCUT2D eigenvalue weighted by atomic mass is 16.6. The molecule has 2 fully saturated rings. The largest absolute Gasteiger partial charge is 0.454 e. The normalized spacial score (nSPS) is 34.3. The van der Waals surface area contributed by atoms with Crippen LogP contribution in [-0.2, 0) is 4.74 Å². The number of hydrogen-bond donors (Lipinski definition) is 2. The topological polar surface area (TPSA) is 58.6 Å². The van der Waals surface area contributed by atoms with E-state index in [2.05, 4.69) is 5.32 Å². The van der Waals surface area contributed by atoms with E-state index in [1.807, 2.05) is 6.07 Å². The van der Waals surface area contributed by atoms with Crippen LogP contribution in [0.4, 0.5) is 0 Å². The first-order chi connectivity index (χ1) is 8.74. The maximum atomic E-state index is 12.0. The number of nitrogens with one attached hydrogen (secondary N) is 1. The Kier molecular flexibility index (Phi) is 3.06. The minimum atomic E-state index is -0.545. The Bertz CT molecular complexity index is 434. The standard InChI is InChI=1S/C14H17NO3/c16-12-8-10-6-7-11(15-10)13(12)18-14(17)9-4-2-1-3-5-9/h1-5,10-13,15-16H,6-8H2/t10-,11+,12-,13-/m1/s1. The number of aliphatic hydroxyl groups excluding tert-OH is 1. The Balaban J connectivity index is 1.70. The lowest BCUT2D eigenvalue weighted by Gasteiger charge is -2.34. The molecule has 0 saturated carbocycles. The molecule has 2 N–H and O–H groups in total. The molecule has 18 heavy (non-hydrogen) atoms. The van der Waals surface area contributed by atoms with Gasteiger partial charge < -0.3 is 15.2 Å². The van der Waals surface area contributed by atoms with Gasteiger partial charge in [0.15, 0.2) is 0 Å². The average molecular weight is 247 g/mol. The van der Waals surface area contributed by atoms with Crippen molar-refractivity contribution >= 4 is 5.97 Å². The van der Waals surface area contributed by atoms with Crippen molar-refractivity contribution in [2.75, 3.05) is 0 Å². The zero-order valence-electron chi connectivity index (χ0n) is 10.1. The van der Waals surface area contributed by atoms with Gasteiger partial charge in [-0.25, -0.2) is 4.79 Å². The first-order valence-corrected chi connectivity index (χ1v) is 6.44. The van der Waals surface area contributed by atoms with Gasteiger partial charge in [0.05, 0.1) is 11.7 Å². The van der Waals surface area contributed by atoms with Crippen LogP contribution in [0, 0.1) is 0 Å².